The van der Waals surface area contributed by atoms with Crippen molar-refractivity contribution in [1.82, 2.24) is 4.57 Å². The summed E-state index contributed by atoms with van der Waals surface area (Å²) in [5, 5.41) is 18.8. The molecular weight excluding hydrogens is 204 g/mol. The smallest absolute Gasteiger partial charge is 0.253 e. The van der Waals surface area contributed by atoms with Crippen LogP contribution in [0.15, 0.2) is 10.9 Å². The van der Waals surface area contributed by atoms with Crippen LogP contribution in [0.25, 0.3) is 0 Å². The minimum absolute atomic E-state index is 0.194. The van der Waals surface area contributed by atoms with Gasteiger partial charge in [-0.3, -0.25) is 9.36 Å². The number of rotatable bonds is 4. The zero-order valence-corrected chi connectivity index (χ0v) is 9.66. The Hall–Kier alpha value is -1.76. The molecule has 16 heavy (non-hydrogen) atoms. The Morgan fingerprint density at radius 2 is 2.19 bits per heavy atom. The third-order valence-electron chi connectivity index (χ3n) is 2.59. The van der Waals surface area contributed by atoms with E-state index in [0.29, 0.717) is 18.5 Å². The van der Waals surface area contributed by atoms with E-state index < -0.39 is 0 Å². The summed E-state index contributed by atoms with van der Waals surface area (Å²) in [4.78, 5) is 11.7. The van der Waals surface area contributed by atoms with Crippen LogP contribution in [0.5, 0.6) is 5.88 Å². The third kappa shape index (κ3) is 2.25. The largest absolute Gasteiger partial charge is 0.493 e. The zero-order chi connectivity index (χ0) is 12.1. The molecule has 0 aliphatic carbocycles. The molecule has 1 N–H and O–H groups in total. The van der Waals surface area contributed by atoms with Crippen LogP contribution in [-0.2, 0) is 13.0 Å². The molecule has 4 nitrogen and oxygen atoms in total. The van der Waals surface area contributed by atoms with Crippen molar-refractivity contribution < 1.29 is 5.11 Å². The lowest BCUT2D eigenvalue weighted by molar-refractivity contribution is 0.399. The SMILES string of the molecule is CCCCn1c(O)c(C#N)c(CC)cc1=O. The van der Waals surface area contributed by atoms with Gasteiger partial charge in [0.05, 0.1) is 0 Å². The first-order valence-electron chi connectivity index (χ1n) is 5.51. The number of nitriles is 1. The minimum atomic E-state index is -0.234. The first-order chi connectivity index (χ1) is 7.65. The van der Waals surface area contributed by atoms with Gasteiger partial charge in [0, 0.05) is 12.6 Å². The van der Waals surface area contributed by atoms with Crippen LogP contribution in [0.3, 0.4) is 0 Å². The van der Waals surface area contributed by atoms with Gasteiger partial charge in [-0.2, -0.15) is 5.26 Å². The first kappa shape index (κ1) is 12.3. The number of hydrogen-bond acceptors (Lipinski definition) is 3. The van der Waals surface area contributed by atoms with E-state index in [1.807, 2.05) is 19.9 Å². The van der Waals surface area contributed by atoms with Gasteiger partial charge in [-0.1, -0.05) is 20.3 Å². The molecule has 86 valence electrons. The van der Waals surface area contributed by atoms with Gasteiger partial charge in [0.2, 0.25) is 5.88 Å². The van der Waals surface area contributed by atoms with Gasteiger partial charge in [-0.15, -0.1) is 0 Å². The number of unbranched alkanes of at least 4 members (excludes halogenated alkanes) is 1. The average molecular weight is 220 g/mol. The zero-order valence-electron chi connectivity index (χ0n) is 9.66. The maximum Gasteiger partial charge on any atom is 0.253 e. The molecule has 0 spiro atoms. The molecule has 0 aromatic carbocycles. The maximum atomic E-state index is 11.7. The van der Waals surface area contributed by atoms with Crippen molar-refractivity contribution in [1.29, 1.82) is 5.26 Å². The fourth-order valence-electron chi connectivity index (χ4n) is 1.62. The highest BCUT2D eigenvalue weighted by Gasteiger charge is 2.13. The molecule has 0 bridgehead atoms. The Balaban J connectivity index is 3.31. The Kier molecular flexibility index (Phi) is 4.12. The predicted octanol–water partition coefficient (Wildman–Crippen LogP) is 1.79. The second-order valence-corrected chi connectivity index (χ2v) is 3.68. The molecule has 1 aromatic heterocycles. The van der Waals surface area contributed by atoms with Crippen molar-refractivity contribution in [3.8, 4) is 11.9 Å². The summed E-state index contributed by atoms with van der Waals surface area (Å²) in [7, 11) is 0. The third-order valence-corrected chi connectivity index (χ3v) is 2.59. The monoisotopic (exact) mass is 220 g/mol. The van der Waals surface area contributed by atoms with Crippen molar-refractivity contribution in [3.63, 3.8) is 0 Å². The van der Waals surface area contributed by atoms with Crippen molar-refractivity contribution in [3.05, 3.63) is 27.5 Å². The normalized spacial score (nSPS) is 10.1. The molecule has 0 saturated heterocycles. The van der Waals surface area contributed by atoms with Gasteiger partial charge in [0.15, 0.2) is 0 Å². The number of aryl methyl sites for hydroxylation is 1. The Morgan fingerprint density at radius 1 is 1.50 bits per heavy atom. The molecule has 1 heterocycles. The maximum absolute atomic E-state index is 11.7. The summed E-state index contributed by atoms with van der Waals surface area (Å²) in [6.07, 6.45) is 2.31. The van der Waals surface area contributed by atoms with Crippen LogP contribution < -0.4 is 5.56 Å². The van der Waals surface area contributed by atoms with E-state index in [0.717, 1.165) is 12.8 Å². The summed E-state index contributed by atoms with van der Waals surface area (Å²) in [5.41, 5.74) is 0.595. The van der Waals surface area contributed by atoms with E-state index in [9.17, 15) is 9.90 Å². The van der Waals surface area contributed by atoms with Gasteiger partial charge >= 0.3 is 0 Å². The van der Waals surface area contributed by atoms with Crippen LogP contribution in [0.1, 0.15) is 37.8 Å². The molecule has 4 heteroatoms. The lowest BCUT2D eigenvalue weighted by Gasteiger charge is -2.11. The number of aromatic nitrogens is 1. The Bertz CT molecular complexity index is 469. The van der Waals surface area contributed by atoms with Crippen molar-refractivity contribution in [2.45, 2.75) is 39.7 Å². The van der Waals surface area contributed by atoms with Crippen LogP contribution in [0, 0.1) is 11.3 Å². The Morgan fingerprint density at radius 3 is 2.69 bits per heavy atom. The predicted molar refractivity (Wildman–Crippen MR) is 61.4 cm³/mol. The lowest BCUT2D eigenvalue weighted by atomic mass is 10.1. The number of hydrogen-bond donors (Lipinski definition) is 1. The second-order valence-electron chi connectivity index (χ2n) is 3.68. The van der Waals surface area contributed by atoms with Crippen molar-refractivity contribution in [2.75, 3.05) is 0 Å². The molecular formula is C12H16N2O2. The quantitative estimate of drug-likeness (QED) is 0.841. The minimum Gasteiger partial charge on any atom is -0.493 e. The lowest BCUT2D eigenvalue weighted by Crippen LogP contribution is -2.21. The highest BCUT2D eigenvalue weighted by Crippen LogP contribution is 2.18. The van der Waals surface area contributed by atoms with Crippen molar-refractivity contribution in [2.24, 2.45) is 0 Å². The van der Waals surface area contributed by atoms with Gasteiger partial charge in [-0.05, 0) is 18.4 Å². The molecule has 0 unspecified atom stereocenters. The van der Waals surface area contributed by atoms with E-state index in [-0.39, 0.29) is 17.0 Å². The molecule has 1 rings (SSSR count). The molecule has 0 atom stereocenters. The molecule has 0 fully saturated rings. The summed E-state index contributed by atoms with van der Waals surface area (Å²) >= 11 is 0. The topological polar surface area (TPSA) is 66.0 Å². The van der Waals surface area contributed by atoms with Gasteiger partial charge < -0.3 is 5.11 Å². The molecule has 0 aliphatic heterocycles. The standard InChI is InChI=1S/C12H16N2O2/c1-3-5-6-14-11(15)7-9(4-2)10(8-13)12(14)16/h7,16H,3-6H2,1-2H3. The summed E-state index contributed by atoms with van der Waals surface area (Å²) in [6.45, 7) is 4.32. The molecule has 0 saturated carbocycles. The average Bonchev–Trinajstić information content (AvgIpc) is 2.28. The number of pyridine rings is 1. The molecule has 0 aliphatic rings. The molecule has 0 radical (unpaired) electrons. The van der Waals surface area contributed by atoms with E-state index in [1.165, 1.54) is 10.6 Å². The summed E-state index contributed by atoms with van der Waals surface area (Å²) < 4.78 is 1.27. The second kappa shape index (κ2) is 5.36. The highest BCUT2D eigenvalue weighted by molar-refractivity contribution is 5.44. The highest BCUT2D eigenvalue weighted by atomic mass is 16.3. The summed E-state index contributed by atoms with van der Waals surface area (Å²) in [5.74, 6) is -0.194. The van der Waals surface area contributed by atoms with Crippen molar-refractivity contribution >= 4 is 0 Å². The molecule has 1 aromatic rings. The van der Waals surface area contributed by atoms with Crippen LogP contribution in [0.2, 0.25) is 0 Å². The first-order valence-corrected chi connectivity index (χ1v) is 5.51. The van der Waals surface area contributed by atoms with Crippen LogP contribution in [0.4, 0.5) is 0 Å². The molecule has 0 amide bonds. The van der Waals surface area contributed by atoms with Crippen LogP contribution >= 0.6 is 0 Å². The van der Waals surface area contributed by atoms with Crippen LogP contribution in [-0.4, -0.2) is 9.67 Å². The van der Waals surface area contributed by atoms with Gasteiger partial charge in [-0.25, -0.2) is 0 Å². The van der Waals surface area contributed by atoms with Gasteiger partial charge in [0.1, 0.15) is 11.6 Å². The Labute approximate surface area is 94.8 Å². The van der Waals surface area contributed by atoms with E-state index >= 15 is 0 Å². The fraction of sp³-hybridized carbons (Fsp3) is 0.500. The van der Waals surface area contributed by atoms with E-state index in [1.54, 1.807) is 0 Å². The summed E-state index contributed by atoms with van der Waals surface area (Å²) in [6, 6.07) is 3.39. The van der Waals surface area contributed by atoms with Gasteiger partial charge in [0.25, 0.3) is 5.56 Å². The van der Waals surface area contributed by atoms with E-state index in [4.69, 9.17) is 5.26 Å². The number of aromatic hydroxyl groups is 1. The fourth-order valence-corrected chi connectivity index (χ4v) is 1.62. The number of nitrogens with zero attached hydrogens (tertiary/aromatic N) is 2. The van der Waals surface area contributed by atoms with E-state index in [2.05, 4.69) is 0 Å².